The van der Waals surface area contributed by atoms with Gasteiger partial charge in [0.05, 0.1) is 0 Å². The number of nitrogens with zero attached hydrogens (tertiary/aromatic N) is 2. The van der Waals surface area contributed by atoms with Crippen molar-refractivity contribution < 1.29 is 20.1 Å². The zero-order valence-electron chi connectivity index (χ0n) is 16.0. The molecule has 145 valence electrons. The van der Waals surface area contributed by atoms with Crippen LogP contribution < -0.4 is 0 Å². The molecule has 0 bridgehead atoms. The molecule has 0 saturated heterocycles. The molecule has 1 aromatic heterocycles. The maximum Gasteiger partial charge on any atom is 0.136 e. The van der Waals surface area contributed by atoms with Gasteiger partial charge in [0, 0.05) is 37.4 Å². The molecule has 0 amide bonds. The average Bonchev–Trinajstić information content (AvgIpc) is 3.10. The maximum atomic E-state index is 4.95. The number of aliphatic imine (C=N–C) groups is 1. The van der Waals surface area contributed by atoms with Crippen LogP contribution in [0.5, 0.6) is 0 Å². The molecule has 0 atom stereocenters. The van der Waals surface area contributed by atoms with Gasteiger partial charge in [0.25, 0.3) is 0 Å². The summed E-state index contributed by atoms with van der Waals surface area (Å²) in [5, 5.41) is 2.40. The van der Waals surface area contributed by atoms with E-state index in [2.05, 4.69) is 95.6 Å². The predicted octanol–water partition coefficient (Wildman–Crippen LogP) is 6.65. The minimum absolute atomic E-state index is 0. The molecule has 0 spiro atoms. The van der Waals surface area contributed by atoms with Crippen LogP contribution in [-0.2, 0) is 20.1 Å². The van der Waals surface area contributed by atoms with E-state index in [0.717, 1.165) is 28.0 Å². The Morgan fingerprint density at radius 2 is 1.33 bits per heavy atom. The fraction of sp³-hybridized carbons (Fsp3) is 0. The Balaban J connectivity index is 0.00000193. The number of hydrogen-bond donors (Lipinski definition) is 0. The third-order valence-corrected chi connectivity index (χ3v) is 5.55. The molecule has 30 heavy (non-hydrogen) atoms. The molecule has 0 aliphatic carbocycles. The second-order valence-electron chi connectivity index (χ2n) is 7.22. The zero-order chi connectivity index (χ0) is 19.2. The fourth-order valence-electron chi connectivity index (χ4n) is 4.24. The van der Waals surface area contributed by atoms with Gasteiger partial charge >= 0.3 is 0 Å². The first kappa shape index (κ1) is 18.7. The van der Waals surface area contributed by atoms with E-state index in [-0.39, 0.29) is 20.1 Å². The standard InChI is InChI=1S/C27H17N2.Ir/c1-3-11-21-19(9-1)17-27(28-18-20-10-2-4-12-22(20)21)29-25-15-7-5-13-23(25)24-14-6-8-16-26(24)29;/h1-15,17-18H;/q-1;/b19-17?,20-18?,22-21?,27-17+,28-18-,28-27?;. The van der Waals surface area contributed by atoms with Gasteiger partial charge in [-0.3, -0.25) is 0 Å². The Kier molecular flexibility index (Phi) is 4.71. The van der Waals surface area contributed by atoms with Crippen molar-refractivity contribution in [3.63, 3.8) is 0 Å². The average molecular weight is 562 g/mol. The first-order chi connectivity index (χ1) is 14.4. The second kappa shape index (κ2) is 7.53. The SMILES string of the molecule is [Ir].[c-]1cccc2c3ccccc3n(C3=C/c4ccccc4-c4ccccc4/C=N\3)c12. The van der Waals surface area contributed by atoms with Gasteiger partial charge in [-0.1, -0.05) is 72.2 Å². The van der Waals surface area contributed by atoms with Crippen LogP contribution in [-0.4, -0.2) is 10.8 Å². The number of rotatable bonds is 1. The van der Waals surface area contributed by atoms with Crippen molar-refractivity contribution in [2.24, 2.45) is 4.99 Å². The van der Waals surface area contributed by atoms with Gasteiger partial charge in [-0.05, 0) is 34.2 Å². The van der Waals surface area contributed by atoms with Gasteiger partial charge in [0.2, 0.25) is 0 Å². The van der Waals surface area contributed by atoms with Crippen molar-refractivity contribution in [3.8, 4) is 11.1 Å². The summed E-state index contributed by atoms with van der Waals surface area (Å²) >= 11 is 0. The van der Waals surface area contributed by atoms with Crippen LogP contribution in [0.2, 0.25) is 0 Å². The van der Waals surface area contributed by atoms with Crippen LogP contribution >= 0.6 is 0 Å². The Labute approximate surface area is 188 Å². The van der Waals surface area contributed by atoms with Gasteiger partial charge in [-0.2, -0.15) is 24.3 Å². The second-order valence-corrected chi connectivity index (χ2v) is 7.22. The molecule has 3 heteroatoms. The Morgan fingerprint density at radius 3 is 2.20 bits per heavy atom. The van der Waals surface area contributed by atoms with Gasteiger partial charge in [-0.15, -0.1) is 5.39 Å². The van der Waals surface area contributed by atoms with E-state index in [9.17, 15) is 0 Å². The summed E-state index contributed by atoms with van der Waals surface area (Å²) in [6.45, 7) is 0. The van der Waals surface area contributed by atoms with Crippen molar-refractivity contribution in [3.05, 3.63) is 108 Å². The molecule has 0 N–H and O–H groups in total. The molecule has 6 rings (SSSR count). The van der Waals surface area contributed by atoms with Gasteiger partial charge < -0.3 is 4.57 Å². The van der Waals surface area contributed by atoms with E-state index >= 15 is 0 Å². The largest absolute Gasteiger partial charge is 0.319 e. The quantitative estimate of drug-likeness (QED) is 0.204. The Morgan fingerprint density at radius 1 is 0.667 bits per heavy atom. The number of para-hydroxylation sites is 2. The van der Waals surface area contributed by atoms with E-state index in [0.29, 0.717) is 0 Å². The van der Waals surface area contributed by atoms with Crippen LogP contribution in [0.15, 0.2) is 96.0 Å². The Hall–Kier alpha value is -3.26. The fourth-order valence-corrected chi connectivity index (χ4v) is 4.24. The minimum Gasteiger partial charge on any atom is -0.319 e. The van der Waals surface area contributed by atoms with Gasteiger partial charge in [0.1, 0.15) is 5.82 Å². The van der Waals surface area contributed by atoms with E-state index in [1.807, 2.05) is 18.3 Å². The number of aromatic nitrogens is 1. The van der Waals surface area contributed by atoms with E-state index in [1.165, 1.54) is 21.9 Å². The summed E-state index contributed by atoms with van der Waals surface area (Å²) in [5.41, 5.74) is 6.89. The molecule has 0 saturated carbocycles. The summed E-state index contributed by atoms with van der Waals surface area (Å²) < 4.78 is 2.21. The van der Waals surface area contributed by atoms with Crippen molar-refractivity contribution in [2.45, 2.75) is 0 Å². The van der Waals surface area contributed by atoms with Crippen molar-refractivity contribution >= 4 is 39.9 Å². The van der Waals surface area contributed by atoms with Gasteiger partial charge in [0.15, 0.2) is 0 Å². The van der Waals surface area contributed by atoms with Crippen LogP contribution in [0, 0.1) is 6.07 Å². The molecule has 1 aliphatic rings. The molecule has 0 unspecified atom stereocenters. The predicted molar refractivity (Wildman–Crippen MR) is 122 cm³/mol. The van der Waals surface area contributed by atoms with E-state index in [1.54, 1.807) is 0 Å². The summed E-state index contributed by atoms with van der Waals surface area (Å²) in [7, 11) is 0. The van der Waals surface area contributed by atoms with Crippen LogP contribution in [0.1, 0.15) is 11.1 Å². The molecule has 2 nitrogen and oxygen atoms in total. The Bertz CT molecular complexity index is 1400. The van der Waals surface area contributed by atoms with Gasteiger partial charge in [-0.25, -0.2) is 4.99 Å². The van der Waals surface area contributed by atoms with Crippen molar-refractivity contribution in [2.75, 3.05) is 0 Å². The summed E-state index contributed by atoms with van der Waals surface area (Å²) in [6.07, 6.45) is 4.15. The molecular formula is C27H17IrN2-. The monoisotopic (exact) mass is 562 g/mol. The molecule has 2 heterocycles. The summed E-state index contributed by atoms with van der Waals surface area (Å²) in [4.78, 5) is 4.95. The van der Waals surface area contributed by atoms with E-state index in [4.69, 9.17) is 4.99 Å². The zero-order valence-corrected chi connectivity index (χ0v) is 18.4. The molecule has 1 aliphatic heterocycles. The summed E-state index contributed by atoms with van der Waals surface area (Å²) in [6, 6.07) is 35.0. The topological polar surface area (TPSA) is 17.3 Å². The van der Waals surface area contributed by atoms with E-state index < -0.39 is 0 Å². The number of fused-ring (bicyclic) bond motifs is 6. The number of hydrogen-bond acceptors (Lipinski definition) is 1. The van der Waals surface area contributed by atoms with Crippen LogP contribution in [0.4, 0.5) is 0 Å². The minimum atomic E-state index is 0. The molecule has 1 radical (unpaired) electrons. The smallest absolute Gasteiger partial charge is 0.136 e. The van der Waals surface area contributed by atoms with Crippen molar-refractivity contribution in [1.82, 2.24) is 4.57 Å². The number of benzene rings is 4. The third-order valence-electron chi connectivity index (χ3n) is 5.55. The maximum absolute atomic E-state index is 4.95. The van der Waals surface area contributed by atoms with Crippen LogP contribution in [0.3, 0.4) is 0 Å². The first-order valence-corrected chi connectivity index (χ1v) is 9.74. The first-order valence-electron chi connectivity index (χ1n) is 9.74. The summed E-state index contributed by atoms with van der Waals surface area (Å²) in [5.74, 6) is 0.889. The normalized spacial score (nSPS) is 15.3. The third kappa shape index (κ3) is 2.87. The van der Waals surface area contributed by atoms with Crippen LogP contribution in [0.25, 0.3) is 44.8 Å². The molecular weight excluding hydrogens is 545 g/mol. The van der Waals surface area contributed by atoms with Crippen molar-refractivity contribution in [1.29, 1.82) is 0 Å². The molecule has 0 fully saturated rings. The molecule has 5 aromatic rings. The molecule has 4 aromatic carbocycles.